The number of likely N-dealkylation sites (N-methyl/N-ethyl adjacent to an activating group) is 1. The highest BCUT2D eigenvalue weighted by atomic mass is 33.1. The molecule has 7 heterocycles. The van der Waals surface area contributed by atoms with Crippen LogP contribution in [0.4, 0.5) is 23.0 Å². The lowest BCUT2D eigenvalue weighted by Gasteiger charge is -2.25. The standard InChI is InChI=1S/C74H98N11O31P5S3/c1-7-82-53-31-29-46(2)37-50(53)73(3,4)59(82)24-13-10-14-25-60-74(5,6)51-38-49(124(106,107)108)30-32-54(51)83(60)34-17-11-16-27-62(88)80-52(55(86)23-12-8-9-15-26-61(87)77-33-18-21-48-41-84(72(92)81-68(48)75)63-39-56(114-118(96,97)98)57(112-63)42-110-117(93,94)95)44-123-122-36-20-28-64(89)109-35-19-22-47-40-85(70-65(47)69(76)78-45-79-70)71-67(91)66(90)58(113-71)43-111-120(102,103)116-121(104,105)115-119(99,100)101/h10,13-14,24-25,29-32,37-38,40-41,45,52,56-58,63,66-67,71,90-91H,7-9,11-12,15-17,20,23,26-28,33-36,39,42-44H2,1-6H3,(H14-,75,76,77,78,79,80,81,87,88,92,93,94,95,96,97,98,99,100,101,102,103,104,105,106,107,108)/p+1. The van der Waals surface area contributed by atoms with Crippen LogP contribution in [0.1, 0.15) is 158 Å². The number of amides is 2. The van der Waals surface area contributed by atoms with Gasteiger partial charge in [-0.2, -0.15) is 26.6 Å². The number of aliphatic hydroxyl groups excluding tert-OH is 2. The fourth-order valence-corrected chi connectivity index (χ4v) is 21.0. The van der Waals surface area contributed by atoms with Gasteiger partial charge in [-0.25, -0.2) is 37.6 Å². The van der Waals surface area contributed by atoms with Gasteiger partial charge in [0, 0.05) is 103 Å². The summed E-state index contributed by atoms with van der Waals surface area (Å²) < 4.78 is 135. The molecule has 5 aromatic rings. The van der Waals surface area contributed by atoms with Crippen molar-refractivity contribution in [3.05, 3.63) is 129 Å². The van der Waals surface area contributed by atoms with Crippen molar-refractivity contribution >= 4 is 134 Å². The number of fused-ring (bicyclic) bond motifs is 3. The first kappa shape index (κ1) is 100. The third-order valence-electron chi connectivity index (χ3n) is 20.1. The number of aryl methyl sites for hydroxylation is 1. The number of carbonyl (C=O) groups excluding carboxylic acids is 4. The van der Waals surface area contributed by atoms with Gasteiger partial charge in [-0.3, -0.25) is 41.9 Å². The van der Waals surface area contributed by atoms with Gasteiger partial charge in [-0.05, 0) is 89.6 Å². The van der Waals surface area contributed by atoms with Gasteiger partial charge in [-0.15, -0.1) is 0 Å². The van der Waals surface area contributed by atoms with Crippen molar-refractivity contribution in [1.82, 2.24) is 34.7 Å². The van der Waals surface area contributed by atoms with E-state index in [-0.39, 0.29) is 99.7 Å². The summed E-state index contributed by atoms with van der Waals surface area (Å²) in [5.74, 6) is 9.50. The number of carbonyl (C=O) groups is 4. The minimum absolute atomic E-state index is 0.00357. The summed E-state index contributed by atoms with van der Waals surface area (Å²) in [7, 11) is -29.3. The number of hydrogen-bond donors (Lipinski definition) is 15. The Labute approximate surface area is 720 Å². The molecule has 17 N–H and O–H groups in total. The summed E-state index contributed by atoms with van der Waals surface area (Å²) in [5, 5.41) is 27.6. The Morgan fingerprint density at radius 2 is 1.42 bits per heavy atom. The zero-order chi connectivity index (χ0) is 91.1. The zero-order valence-corrected chi connectivity index (χ0v) is 74.8. The number of nitrogen functional groups attached to an aromatic ring is 2. The van der Waals surface area contributed by atoms with Crippen molar-refractivity contribution in [1.29, 1.82) is 0 Å². The molecule has 4 aliphatic heterocycles. The molecule has 0 spiro atoms. The lowest BCUT2D eigenvalue weighted by molar-refractivity contribution is -0.438. The highest BCUT2D eigenvalue weighted by Gasteiger charge is 2.49. The summed E-state index contributed by atoms with van der Waals surface area (Å²) in [6.07, 6.45) is 6.17. The molecule has 678 valence electrons. The van der Waals surface area contributed by atoms with E-state index in [1.807, 2.05) is 38.2 Å². The van der Waals surface area contributed by atoms with E-state index in [0.29, 0.717) is 69.2 Å². The van der Waals surface area contributed by atoms with Crippen LogP contribution in [-0.4, -0.2) is 208 Å². The molecule has 2 fully saturated rings. The first-order valence-electron chi connectivity index (χ1n) is 38.6. The van der Waals surface area contributed by atoms with Crippen LogP contribution in [0.3, 0.4) is 0 Å². The van der Waals surface area contributed by atoms with Gasteiger partial charge in [-0.1, -0.05) is 108 Å². The van der Waals surface area contributed by atoms with E-state index in [2.05, 4.69) is 128 Å². The van der Waals surface area contributed by atoms with Gasteiger partial charge in [0.15, 0.2) is 24.3 Å². The molecule has 124 heavy (non-hydrogen) atoms. The monoisotopic (exact) mass is 1890 g/mol. The van der Waals surface area contributed by atoms with Crippen molar-refractivity contribution in [2.75, 3.05) is 67.3 Å². The van der Waals surface area contributed by atoms with Gasteiger partial charge in [0.25, 0.3) is 10.1 Å². The second kappa shape index (κ2) is 43.1. The normalized spacial score (nSPS) is 21.0. The number of phosphoric ester groups is 3. The number of Topliss-reactive ketones (excluding diaryl/α,β-unsaturated/α-hetero) is 1. The molecule has 0 bridgehead atoms. The summed E-state index contributed by atoms with van der Waals surface area (Å²) in [6.45, 7) is 11.3. The number of aromatic nitrogens is 5. The molecule has 4 aliphatic rings. The van der Waals surface area contributed by atoms with Crippen molar-refractivity contribution < 1.29 is 145 Å². The van der Waals surface area contributed by atoms with Crippen molar-refractivity contribution in [2.24, 2.45) is 0 Å². The largest absolute Gasteiger partial charge is 0.490 e. The average molecular weight is 1890 g/mol. The molecular weight excluding hydrogens is 1790 g/mol. The second-order valence-corrected chi connectivity index (χ2v) is 40.8. The van der Waals surface area contributed by atoms with Crippen LogP contribution in [0.5, 0.6) is 0 Å². The van der Waals surface area contributed by atoms with E-state index in [0.717, 1.165) is 40.7 Å². The van der Waals surface area contributed by atoms with Crippen LogP contribution < -0.4 is 32.7 Å². The number of benzene rings is 2. The Hall–Kier alpha value is -7.49. The predicted molar refractivity (Wildman–Crippen MR) is 452 cm³/mol. The van der Waals surface area contributed by atoms with Crippen LogP contribution in [-0.2, 0) is 99.4 Å². The van der Waals surface area contributed by atoms with Gasteiger partial charge >= 0.3 is 50.8 Å². The Morgan fingerprint density at radius 1 is 0.734 bits per heavy atom. The van der Waals surface area contributed by atoms with Gasteiger partial charge in [0.2, 0.25) is 17.5 Å². The second-order valence-electron chi connectivity index (χ2n) is 29.9. The van der Waals surface area contributed by atoms with Gasteiger partial charge in [0.1, 0.15) is 66.9 Å². The molecule has 10 atom stereocenters. The van der Waals surface area contributed by atoms with E-state index in [1.165, 1.54) is 61.3 Å². The highest BCUT2D eigenvalue weighted by molar-refractivity contribution is 8.76. The summed E-state index contributed by atoms with van der Waals surface area (Å²) in [5.41, 5.74) is 17.5. The zero-order valence-electron chi connectivity index (χ0n) is 67.9. The van der Waals surface area contributed by atoms with E-state index >= 15 is 0 Å². The number of esters is 1. The Balaban J connectivity index is 0.778. The fraction of sp³-hybridized carbons (Fsp3) is 0.500. The van der Waals surface area contributed by atoms with Crippen LogP contribution in [0, 0.1) is 30.6 Å². The number of phosphoric acid groups is 5. The molecule has 0 aliphatic carbocycles. The number of nitrogens with two attached hydrogens (primary N) is 2. The lowest BCUT2D eigenvalue weighted by atomic mass is 9.81. The quantitative estimate of drug-likeness (QED) is 0.00285. The third-order valence-corrected chi connectivity index (χ3v) is 28.3. The van der Waals surface area contributed by atoms with Gasteiger partial charge in [0.05, 0.1) is 52.6 Å². The summed E-state index contributed by atoms with van der Waals surface area (Å²) in [6, 6.07) is 10.1. The number of nitrogens with zero attached hydrogens (tertiary/aromatic N) is 7. The number of ketones is 1. The minimum Gasteiger partial charge on any atom is -0.452 e. The van der Waals surface area contributed by atoms with E-state index in [4.69, 9.17) is 40.0 Å². The molecule has 2 aromatic carbocycles. The van der Waals surface area contributed by atoms with Crippen LogP contribution in [0.25, 0.3) is 11.0 Å². The highest BCUT2D eigenvalue weighted by Crippen LogP contribution is 2.66. The number of aliphatic hydroxyl groups is 2. The molecule has 0 saturated carbocycles. The number of allylic oxidation sites excluding steroid dienone is 6. The molecule has 10 unspecified atom stereocenters. The molecule has 42 nitrogen and oxygen atoms in total. The average Bonchev–Trinajstić information content (AvgIpc) is 1.61. The number of nitrogens with one attached hydrogen (secondary N) is 2. The number of rotatable bonds is 43. The fourth-order valence-electron chi connectivity index (χ4n) is 14.2. The number of unbranched alkanes of at least 4 members (excludes halogenated alkanes) is 5. The molecule has 9 rings (SSSR count). The van der Waals surface area contributed by atoms with Crippen LogP contribution in [0.15, 0.2) is 101 Å². The number of ether oxygens (including phenoxy) is 3. The van der Waals surface area contributed by atoms with Crippen molar-refractivity contribution in [3.63, 3.8) is 0 Å². The number of hydrogen-bond acceptors (Lipinski definition) is 30. The Morgan fingerprint density at radius 3 is 2.11 bits per heavy atom. The lowest BCUT2D eigenvalue weighted by Crippen LogP contribution is -2.42. The maximum absolute atomic E-state index is 14.0. The van der Waals surface area contributed by atoms with Crippen LogP contribution >= 0.6 is 60.7 Å². The minimum atomic E-state index is -5.88. The Bertz CT molecular complexity index is 5500. The van der Waals surface area contributed by atoms with Crippen molar-refractivity contribution in [2.45, 2.75) is 190 Å². The topological polar surface area (TPSA) is 632 Å². The molecule has 3 aromatic heterocycles. The molecule has 50 heteroatoms. The van der Waals surface area contributed by atoms with E-state index < -0.39 is 142 Å². The third kappa shape index (κ3) is 28.0. The molecule has 2 saturated heterocycles. The SMILES string of the molecule is CCN1C(=CC=CC=CC2=[N+](CCCCCC(=O)NC(CSSCCCC(=O)OCC#Cc3cn(C4OC(COP(=O)(O)OP(=O)(O)OP(=O)(O)O)C(O)C4O)c4ncnc(N)c34)C(=O)CCCCCCC(=O)NCC#Cc3cn(C4CC(OP(=O)(O)O)C(COP(=O)(O)O)O4)c(=O)nc3N)c3ccc(S(=O)(=O)O)cc3C2(C)C)C(C)(C)c2cc(C)ccc21. The molecule has 0 radical (unpaired) electrons. The van der Waals surface area contributed by atoms with E-state index in [1.54, 1.807) is 6.07 Å². The maximum Gasteiger partial charge on any atom is 0.490 e. The summed E-state index contributed by atoms with van der Waals surface area (Å²) >= 11 is 0. The van der Waals surface area contributed by atoms with Gasteiger partial charge < -0.3 is 95.1 Å². The van der Waals surface area contributed by atoms with E-state index in [9.17, 15) is 99.3 Å². The molecule has 2 amide bonds. The number of anilines is 3. The molecular formula is C74H99N11O31P5S3+. The smallest absolute Gasteiger partial charge is 0.452 e. The first-order valence-corrected chi connectivity index (χ1v) is 50.1. The first-order chi connectivity index (χ1) is 58.1. The maximum atomic E-state index is 14.0. The Kier molecular flexibility index (Phi) is 34.8. The van der Waals surface area contributed by atoms with Crippen LogP contribution in [0.2, 0.25) is 0 Å². The summed E-state index contributed by atoms with van der Waals surface area (Å²) in [4.78, 5) is 155. The predicted octanol–water partition coefficient (Wildman–Crippen LogP) is 6.61. The van der Waals surface area contributed by atoms with Crippen molar-refractivity contribution in [3.8, 4) is 23.7 Å².